The van der Waals surface area contributed by atoms with E-state index in [4.69, 9.17) is 9.52 Å². The molecule has 0 spiro atoms. The van der Waals surface area contributed by atoms with Crippen molar-refractivity contribution in [2.24, 2.45) is 0 Å². The van der Waals surface area contributed by atoms with Crippen LogP contribution in [0.25, 0.3) is 28.1 Å². The molecule has 276 valence electrons. The number of nitrogens with one attached hydrogen (secondary N) is 3. The molecule has 2 fully saturated rings. The number of hydrogen-bond donors (Lipinski definition) is 5. The lowest BCUT2D eigenvalue weighted by Gasteiger charge is -2.26. The van der Waals surface area contributed by atoms with Crippen molar-refractivity contribution < 1.29 is 51.4 Å². The molecule has 2 aliphatic carbocycles. The molecular weight excluding hydrogens is 711 g/mol. The minimum Gasteiger partial charge on any atom is -0.507 e. The van der Waals surface area contributed by atoms with Crippen molar-refractivity contribution in [3.05, 3.63) is 94.8 Å². The molecule has 0 radical (unpaired) electrons. The van der Waals surface area contributed by atoms with Crippen molar-refractivity contribution in [2.45, 2.75) is 43.7 Å². The van der Waals surface area contributed by atoms with Gasteiger partial charge in [-0.05, 0) is 79.1 Å². The number of furan rings is 1. The molecule has 16 heteroatoms. The monoisotopic (exact) mass is 746 g/mol. The van der Waals surface area contributed by atoms with E-state index in [0.29, 0.717) is 41.0 Å². The van der Waals surface area contributed by atoms with Crippen LogP contribution in [0.4, 0.5) is 10.1 Å². The van der Waals surface area contributed by atoms with E-state index in [2.05, 4.69) is 16.0 Å². The number of fused-ring (bicyclic) bond motifs is 1. The van der Waals surface area contributed by atoms with Crippen molar-refractivity contribution in [3.8, 4) is 11.3 Å². The van der Waals surface area contributed by atoms with Gasteiger partial charge >= 0.3 is 5.97 Å². The second kappa shape index (κ2) is 14.2. The number of hydrogen-bond acceptors (Lipinski definition) is 9. The molecule has 0 atom stereocenters. The van der Waals surface area contributed by atoms with Gasteiger partial charge in [-0.1, -0.05) is 18.2 Å². The predicted octanol–water partition coefficient (Wildman–Crippen LogP) is 3.76. The molecule has 3 amide bonds. The average Bonchev–Trinajstić information content (AvgIpc) is 4.06. The largest absolute Gasteiger partial charge is 0.507 e. The van der Waals surface area contributed by atoms with Gasteiger partial charge in [-0.15, -0.1) is 0 Å². The van der Waals surface area contributed by atoms with Crippen molar-refractivity contribution in [1.82, 2.24) is 16.0 Å². The zero-order chi connectivity index (χ0) is 38.2. The van der Waals surface area contributed by atoms with Crippen LogP contribution >= 0.6 is 0 Å². The van der Waals surface area contributed by atoms with Crippen molar-refractivity contribution >= 4 is 61.9 Å². The highest BCUT2D eigenvalue weighted by Gasteiger charge is 2.51. The Bertz CT molecular complexity index is 2310. The van der Waals surface area contributed by atoms with E-state index in [0.717, 1.165) is 23.4 Å². The van der Waals surface area contributed by atoms with Gasteiger partial charge in [-0.3, -0.25) is 23.5 Å². The number of aliphatic hydroxyl groups is 1. The molecule has 6 rings (SSSR count). The minimum atomic E-state index is -4.09. The highest BCUT2D eigenvalue weighted by Crippen LogP contribution is 2.48. The normalized spacial score (nSPS) is 15.0. The van der Waals surface area contributed by atoms with E-state index in [1.165, 1.54) is 49.5 Å². The van der Waals surface area contributed by atoms with Gasteiger partial charge in [0.15, 0.2) is 0 Å². The Labute approximate surface area is 302 Å². The Morgan fingerprint density at radius 3 is 2.32 bits per heavy atom. The minimum absolute atomic E-state index is 0.0359. The van der Waals surface area contributed by atoms with E-state index in [-0.39, 0.29) is 40.6 Å². The van der Waals surface area contributed by atoms with Crippen LogP contribution in [0.15, 0.2) is 71.2 Å². The van der Waals surface area contributed by atoms with Crippen LogP contribution in [-0.2, 0) is 35.7 Å². The summed E-state index contributed by atoms with van der Waals surface area (Å²) in [5, 5.41) is 27.4. The van der Waals surface area contributed by atoms with E-state index in [1.54, 1.807) is 18.2 Å². The Morgan fingerprint density at radius 2 is 1.72 bits per heavy atom. The number of carboxylic acids is 1. The first-order chi connectivity index (χ1) is 25.1. The number of ketones is 1. The van der Waals surface area contributed by atoms with Gasteiger partial charge in [0.1, 0.15) is 35.0 Å². The first-order valence-electron chi connectivity index (χ1n) is 16.5. The molecule has 1 heterocycles. The van der Waals surface area contributed by atoms with Gasteiger partial charge in [0.05, 0.1) is 17.5 Å². The third-order valence-corrected chi connectivity index (χ3v) is 10.2. The van der Waals surface area contributed by atoms with Crippen LogP contribution in [0.3, 0.4) is 0 Å². The van der Waals surface area contributed by atoms with Crippen molar-refractivity contribution in [2.75, 3.05) is 24.2 Å². The number of carbonyl (C=O) groups is 5. The quantitative estimate of drug-likeness (QED) is 0.0716. The van der Waals surface area contributed by atoms with E-state index >= 15 is 0 Å². The van der Waals surface area contributed by atoms with Crippen LogP contribution in [0, 0.1) is 5.82 Å². The molecule has 0 unspecified atom stereocenters. The summed E-state index contributed by atoms with van der Waals surface area (Å²) < 4.78 is 47.4. The average molecular weight is 747 g/mol. The van der Waals surface area contributed by atoms with Gasteiger partial charge in [-0.2, -0.15) is 0 Å². The molecule has 0 saturated heterocycles. The fraction of sp³-hybridized carbons (Fsp3) is 0.270. The lowest BCUT2D eigenvalue weighted by molar-refractivity contribution is -0.146. The van der Waals surface area contributed by atoms with E-state index in [9.17, 15) is 41.9 Å². The molecule has 14 nitrogen and oxygen atoms in total. The van der Waals surface area contributed by atoms with Crippen LogP contribution in [0.1, 0.15) is 58.6 Å². The van der Waals surface area contributed by atoms with Gasteiger partial charge in [0.25, 0.3) is 11.7 Å². The Hall–Kier alpha value is -6.03. The lowest BCUT2D eigenvalue weighted by atomic mass is 10.0. The van der Waals surface area contributed by atoms with Crippen LogP contribution in [0.2, 0.25) is 0 Å². The van der Waals surface area contributed by atoms with Crippen LogP contribution < -0.4 is 20.3 Å². The van der Waals surface area contributed by atoms with Crippen LogP contribution in [-0.4, -0.2) is 73.5 Å². The van der Waals surface area contributed by atoms with Gasteiger partial charge in [0.2, 0.25) is 21.8 Å². The molecule has 1 aromatic heterocycles. The number of anilines is 1. The summed E-state index contributed by atoms with van der Waals surface area (Å²) in [6.45, 7) is -0.693. The van der Waals surface area contributed by atoms with E-state index in [1.807, 2.05) is 0 Å². The highest BCUT2D eigenvalue weighted by molar-refractivity contribution is 7.92. The van der Waals surface area contributed by atoms with Crippen LogP contribution in [0.5, 0.6) is 0 Å². The van der Waals surface area contributed by atoms with Gasteiger partial charge in [0, 0.05) is 42.2 Å². The summed E-state index contributed by atoms with van der Waals surface area (Å²) >= 11 is 0. The van der Waals surface area contributed by atoms with Crippen molar-refractivity contribution in [1.29, 1.82) is 0 Å². The number of carboxylic acid groups (broad SMARTS) is 1. The molecule has 5 N–H and O–H groups in total. The highest BCUT2D eigenvalue weighted by atomic mass is 32.2. The third kappa shape index (κ3) is 7.91. The molecule has 4 aromatic rings. The fourth-order valence-corrected chi connectivity index (χ4v) is 6.92. The predicted molar refractivity (Wildman–Crippen MR) is 191 cm³/mol. The number of aliphatic hydroxyl groups excluding tert-OH is 1. The first-order valence-corrected chi connectivity index (χ1v) is 18.4. The number of sulfonamides is 1. The smallest absolute Gasteiger partial charge is 0.376 e. The zero-order valence-electron chi connectivity index (χ0n) is 28.6. The SMILES string of the molecule is CNC(=O)c1c(-c2ccc(F)cc2)oc2cc(N(CC(=O)NC3(C(=O)NCc4cccc(/C(O)=C/C(=O)C(=O)O)c4)CC3)S(C)(=O)=O)c(C3CC3)cc12. The number of amides is 3. The molecule has 3 aromatic carbocycles. The number of carbonyl (C=O) groups excluding carboxylic acids is 4. The summed E-state index contributed by atoms with van der Waals surface area (Å²) in [5.41, 5.74) is 0.960. The molecular formula is C37H35FN4O10S. The topological polar surface area (TPSA) is 212 Å². The van der Waals surface area contributed by atoms with Gasteiger partial charge in [-0.25, -0.2) is 17.6 Å². The maximum absolute atomic E-state index is 13.7. The Balaban J connectivity index is 1.23. The lowest BCUT2D eigenvalue weighted by Crippen LogP contribution is -2.52. The maximum Gasteiger partial charge on any atom is 0.376 e. The Kier molecular flexibility index (Phi) is 9.83. The molecule has 0 aliphatic heterocycles. The summed E-state index contributed by atoms with van der Waals surface area (Å²) in [7, 11) is -2.63. The second-order valence-corrected chi connectivity index (χ2v) is 15.0. The summed E-state index contributed by atoms with van der Waals surface area (Å²) in [5.74, 6) is -5.67. The number of halogens is 1. The molecule has 0 bridgehead atoms. The third-order valence-electron chi connectivity index (χ3n) is 9.09. The number of nitrogens with zero attached hydrogens (tertiary/aromatic N) is 1. The van der Waals surface area contributed by atoms with Crippen molar-refractivity contribution in [3.63, 3.8) is 0 Å². The molecule has 2 aliphatic rings. The standard InChI is InChI=1S/C37H35FN4O10S/c1-39-34(46)32-26-15-25(21-6-7-21)27(16-30(26)52-33(32)22-8-10-24(38)11-9-22)42(53(2,50)51)19-31(45)41-37(12-13-37)36(49)40-18-20-4-3-5-23(14-20)28(43)17-29(44)35(47)48/h3-5,8-11,14-17,21,43H,6-7,12-13,18-19H2,1-2H3,(H,39,46)(H,40,49)(H,41,45)(H,47,48)/b28-17-. The molecule has 2 saturated carbocycles. The van der Waals surface area contributed by atoms with E-state index < -0.39 is 63.2 Å². The summed E-state index contributed by atoms with van der Waals surface area (Å²) in [6, 6.07) is 14.6. The molecule has 53 heavy (non-hydrogen) atoms. The number of benzene rings is 3. The number of rotatable bonds is 14. The fourth-order valence-electron chi connectivity index (χ4n) is 6.05. The summed E-state index contributed by atoms with van der Waals surface area (Å²) in [6.07, 6.45) is 3.63. The maximum atomic E-state index is 13.7. The second-order valence-electron chi connectivity index (χ2n) is 13.1. The Morgan fingerprint density at radius 1 is 1.02 bits per heavy atom. The number of aliphatic carboxylic acids is 1. The first kappa shape index (κ1) is 36.8. The van der Waals surface area contributed by atoms with Gasteiger partial charge < -0.3 is 30.6 Å². The summed E-state index contributed by atoms with van der Waals surface area (Å²) in [4.78, 5) is 62.2. The zero-order valence-corrected chi connectivity index (χ0v) is 29.4.